The lowest BCUT2D eigenvalue weighted by Gasteiger charge is -2.06. The lowest BCUT2D eigenvalue weighted by atomic mass is 10.1. The van der Waals surface area contributed by atoms with Crippen LogP contribution in [0.25, 0.3) is 0 Å². The molecule has 1 rings (SSSR count). The highest BCUT2D eigenvalue weighted by Gasteiger charge is 2.11. The summed E-state index contributed by atoms with van der Waals surface area (Å²) in [4.78, 5) is 10.8. The Morgan fingerprint density at radius 1 is 1.16 bits per heavy atom. The average Bonchev–Trinajstić information content (AvgIpc) is 2.78. The van der Waals surface area contributed by atoms with E-state index in [0.29, 0.717) is 5.76 Å². The SMILES string of the molecule is C=CCCCCCCCC[C@@H](O)/C=C1\C=CC(=O)O1. The molecule has 0 saturated heterocycles. The molecule has 0 amide bonds. The number of hydrogen-bond donors (Lipinski definition) is 1. The predicted molar refractivity (Wildman–Crippen MR) is 76.5 cm³/mol. The van der Waals surface area contributed by atoms with Crippen LogP contribution in [0.4, 0.5) is 0 Å². The van der Waals surface area contributed by atoms with Crippen molar-refractivity contribution >= 4 is 5.97 Å². The van der Waals surface area contributed by atoms with Crippen LogP contribution in [0.15, 0.2) is 36.6 Å². The van der Waals surface area contributed by atoms with Crippen LogP contribution in [-0.2, 0) is 9.53 Å². The second-order valence-corrected chi connectivity index (χ2v) is 4.88. The van der Waals surface area contributed by atoms with Gasteiger partial charge in [0.25, 0.3) is 0 Å². The molecule has 1 aliphatic heterocycles. The monoisotopic (exact) mass is 264 g/mol. The molecule has 0 aliphatic carbocycles. The molecule has 0 unspecified atom stereocenters. The van der Waals surface area contributed by atoms with Gasteiger partial charge in [0.2, 0.25) is 0 Å². The molecule has 0 radical (unpaired) electrons. The van der Waals surface area contributed by atoms with Crippen LogP contribution in [0.5, 0.6) is 0 Å². The quantitative estimate of drug-likeness (QED) is 0.372. The van der Waals surface area contributed by atoms with Gasteiger partial charge in [-0.1, -0.05) is 38.2 Å². The fraction of sp³-hybridized carbons (Fsp3) is 0.562. The number of carbonyl (C=O) groups excluding carboxylic acids is 1. The van der Waals surface area contributed by atoms with Gasteiger partial charge in [-0.15, -0.1) is 6.58 Å². The zero-order chi connectivity index (χ0) is 13.9. The van der Waals surface area contributed by atoms with E-state index in [2.05, 4.69) is 6.58 Å². The molecule has 1 heterocycles. The fourth-order valence-electron chi connectivity index (χ4n) is 2.05. The van der Waals surface area contributed by atoms with Gasteiger partial charge < -0.3 is 9.84 Å². The molecule has 3 nitrogen and oxygen atoms in total. The second-order valence-electron chi connectivity index (χ2n) is 4.88. The van der Waals surface area contributed by atoms with E-state index in [1.165, 1.54) is 31.8 Å². The van der Waals surface area contributed by atoms with Crippen LogP contribution >= 0.6 is 0 Å². The Kier molecular flexibility index (Phi) is 7.91. The first-order valence-electron chi connectivity index (χ1n) is 7.13. The van der Waals surface area contributed by atoms with Gasteiger partial charge in [0, 0.05) is 6.08 Å². The summed E-state index contributed by atoms with van der Waals surface area (Å²) < 4.78 is 4.86. The molecule has 0 aromatic rings. The maximum atomic E-state index is 10.8. The van der Waals surface area contributed by atoms with Crippen LogP contribution in [0, 0.1) is 0 Å². The molecule has 0 aromatic carbocycles. The average molecular weight is 264 g/mol. The van der Waals surface area contributed by atoms with Gasteiger partial charge in [0.1, 0.15) is 5.76 Å². The molecule has 0 bridgehead atoms. The first-order chi connectivity index (χ1) is 9.22. The number of allylic oxidation sites excluding steroid dienone is 2. The summed E-state index contributed by atoms with van der Waals surface area (Å²) in [5, 5.41) is 9.76. The molecular weight excluding hydrogens is 240 g/mol. The van der Waals surface area contributed by atoms with Gasteiger partial charge in [-0.05, 0) is 31.4 Å². The van der Waals surface area contributed by atoms with E-state index in [4.69, 9.17) is 4.74 Å². The Bertz CT molecular complexity index is 342. The zero-order valence-electron chi connectivity index (χ0n) is 11.5. The largest absolute Gasteiger partial charge is 0.424 e. The molecular formula is C16H24O3. The highest BCUT2D eigenvalue weighted by molar-refractivity contribution is 5.86. The van der Waals surface area contributed by atoms with Crippen molar-refractivity contribution in [1.29, 1.82) is 0 Å². The minimum Gasteiger partial charge on any atom is -0.424 e. The number of unbranched alkanes of at least 4 members (excludes halogenated alkanes) is 6. The lowest BCUT2D eigenvalue weighted by Crippen LogP contribution is -2.04. The summed E-state index contributed by atoms with van der Waals surface area (Å²) in [6, 6.07) is 0. The molecule has 0 saturated carbocycles. The Hall–Kier alpha value is -1.35. The van der Waals surface area contributed by atoms with Crippen molar-refractivity contribution in [2.75, 3.05) is 0 Å². The molecule has 0 fully saturated rings. The van der Waals surface area contributed by atoms with E-state index in [1.54, 1.807) is 12.2 Å². The Morgan fingerprint density at radius 2 is 1.84 bits per heavy atom. The predicted octanol–water partition coefficient (Wildman–Crippen LogP) is 3.65. The Morgan fingerprint density at radius 3 is 2.47 bits per heavy atom. The number of esters is 1. The molecule has 19 heavy (non-hydrogen) atoms. The van der Waals surface area contributed by atoms with Crippen LogP contribution < -0.4 is 0 Å². The molecule has 1 atom stereocenters. The van der Waals surface area contributed by atoms with Crippen molar-refractivity contribution in [2.24, 2.45) is 0 Å². The number of carbonyl (C=O) groups is 1. The van der Waals surface area contributed by atoms with E-state index >= 15 is 0 Å². The standard InChI is InChI=1S/C16H24O3/c1-2-3-4-5-6-7-8-9-10-14(17)13-15-11-12-16(18)19-15/h2,11-14,17H,1,3-10H2/b15-13+/t14-/m1/s1. The number of rotatable bonds is 10. The van der Waals surface area contributed by atoms with Crippen molar-refractivity contribution in [3.05, 3.63) is 36.6 Å². The summed E-state index contributed by atoms with van der Waals surface area (Å²) in [5.41, 5.74) is 0. The van der Waals surface area contributed by atoms with Gasteiger partial charge in [0.15, 0.2) is 0 Å². The molecule has 0 aromatic heterocycles. The summed E-state index contributed by atoms with van der Waals surface area (Å²) in [6.45, 7) is 3.70. The number of ether oxygens (including phenoxy) is 1. The maximum Gasteiger partial charge on any atom is 0.336 e. The van der Waals surface area contributed by atoms with Crippen molar-refractivity contribution in [3.8, 4) is 0 Å². The highest BCUT2D eigenvalue weighted by Crippen LogP contribution is 2.14. The minimum atomic E-state index is -0.522. The molecule has 3 heteroatoms. The normalized spacial score (nSPS) is 17.7. The van der Waals surface area contributed by atoms with E-state index in [9.17, 15) is 9.90 Å². The van der Waals surface area contributed by atoms with Gasteiger partial charge in [-0.25, -0.2) is 4.79 Å². The summed E-state index contributed by atoms with van der Waals surface area (Å²) in [7, 11) is 0. The number of hydrogen-bond acceptors (Lipinski definition) is 3. The highest BCUT2D eigenvalue weighted by atomic mass is 16.5. The number of aliphatic hydroxyl groups excluding tert-OH is 1. The summed E-state index contributed by atoms with van der Waals surface area (Å²) in [5.74, 6) is 0.0971. The van der Waals surface area contributed by atoms with E-state index < -0.39 is 6.10 Å². The van der Waals surface area contributed by atoms with E-state index in [0.717, 1.165) is 25.7 Å². The zero-order valence-corrected chi connectivity index (χ0v) is 11.5. The first kappa shape index (κ1) is 15.7. The fourth-order valence-corrected chi connectivity index (χ4v) is 2.05. The van der Waals surface area contributed by atoms with Crippen molar-refractivity contribution in [1.82, 2.24) is 0 Å². The van der Waals surface area contributed by atoms with E-state index in [1.807, 2.05) is 6.08 Å². The molecule has 106 valence electrons. The van der Waals surface area contributed by atoms with Gasteiger partial charge in [-0.2, -0.15) is 0 Å². The Labute approximate surface area is 115 Å². The lowest BCUT2D eigenvalue weighted by molar-refractivity contribution is -0.132. The topological polar surface area (TPSA) is 46.5 Å². The van der Waals surface area contributed by atoms with Crippen molar-refractivity contribution < 1.29 is 14.6 Å². The van der Waals surface area contributed by atoms with Crippen LogP contribution in [0.3, 0.4) is 0 Å². The second kappa shape index (κ2) is 9.56. The summed E-state index contributed by atoms with van der Waals surface area (Å²) in [6.07, 6.45) is 14.9. The Balaban J connectivity index is 1.99. The molecule has 1 N–H and O–H groups in total. The third kappa shape index (κ3) is 7.62. The van der Waals surface area contributed by atoms with Crippen LogP contribution in [-0.4, -0.2) is 17.2 Å². The van der Waals surface area contributed by atoms with Crippen LogP contribution in [0.2, 0.25) is 0 Å². The van der Waals surface area contributed by atoms with Crippen LogP contribution in [0.1, 0.15) is 51.4 Å². The molecule has 0 spiro atoms. The summed E-state index contributed by atoms with van der Waals surface area (Å²) >= 11 is 0. The smallest absolute Gasteiger partial charge is 0.336 e. The third-order valence-electron chi connectivity index (χ3n) is 3.12. The van der Waals surface area contributed by atoms with Gasteiger partial charge >= 0.3 is 5.97 Å². The maximum absolute atomic E-state index is 10.8. The molecule has 1 aliphatic rings. The van der Waals surface area contributed by atoms with E-state index in [-0.39, 0.29) is 5.97 Å². The van der Waals surface area contributed by atoms with Crippen molar-refractivity contribution in [2.45, 2.75) is 57.5 Å². The number of aliphatic hydroxyl groups is 1. The van der Waals surface area contributed by atoms with Gasteiger partial charge in [-0.3, -0.25) is 0 Å². The van der Waals surface area contributed by atoms with Gasteiger partial charge in [0.05, 0.1) is 6.10 Å². The third-order valence-corrected chi connectivity index (χ3v) is 3.12. The number of cyclic esters (lactones) is 1. The first-order valence-corrected chi connectivity index (χ1v) is 7.13. The van der Waals surface area contributed by atoms with Crippen molar-refractivity contribution in [3.63, 3.8) is 0 Å². The minimum absolute atomic E-state index is 0.363.